The van der Waals surface area contributed by atoms with E-state index in [1.807, 2.05) is 30.3 Å². The van der Waals surface area contributed by atoms with Crippen LogP contribution in [-0.2, 0) is 14.8 Å². The number of nitrogens with zero attached hydrogens (tertiary/aromatic N) is 3. The average Bonchev–Trinajstić information content (AvgIpc) is 2.80. The van der Waals surface area contributed by atoms with Gasteiger partial charge in [-0.2, -0.15) is 4.31 Å². The van der Waals surface area contributed by atoms with E-state index in [9.17, 15) is 13.2 Å². The number of ether oxygens (including phenoxy) is 1. The number of hydrogen-bond donors (Lipinski definition) is 0. The normalized spacial score (nSPS) is 18.6. The van der Waals surface area contributed by atoms with Crippen molar-refractivity contribution in [2.24, 2.45) is 0 Å². The monoisotopic (exact) mass is 415 g/mol. The highest BCUT2D eigenvalue weighted by Crippen LogP contribution is 2.22. The molecular weight excluding hydrogens is 390 g/mol. The molecule has 0 radical (unpaired) electrons. The third-order valence-corrected chi connectivity index (χ3v) is 7.27. The quantitative estimate of drug-likeness (QED) is 0.760. The van der Waals surface area contributed by atoms with Crippen LogP contribution in [0.1, 0.15) is 10.4 Å². The second-order valence-electron chi connectivity index (χ2n) is 7.16. The fraction of sp³-hybridized carbons (Fsp3) is 0.381. The molecule has 8 heteroatoms. The van der Waals surface area contributed by atoms with Crippen molar-refractivity contribution >= 4 is 21.6 Å². The van der Waals surface area contributed by atoms with E-state index in [2.05, 4.69) is 4.90 Å². The first kappa shape index (κ1) is 19.9. The molecule has 0 N–H and O–H groups in total. The molecule has 0 bridgehead atoms. The molecule has 2 fully saturated rings. The summed E-state index contributed by atoms with van der Waals surface area (Å²) in [5.74, 6) is -0.153. The molecule has 0 aliphatic carbocycles. The van der Waals surface area contributed by atoms with Gasteiger partial charge in [0.1, 0.15) is 0 Å². The van der Waals surface area contributed by atoms with Gasteiger partial charge in [-0.05, 0) is 30.3 Å². The molecule has 0 unspecified atom stereocenters. The first-order chi connectivity index (χ1) is 14.1. The van der Waals surface area contributed by atoms with E-state index >= 15 is 0 Å². The van der Waals surface area contributed by atoms with Crippen molar-refractivity contribution in [1.29, 1.82) is 0 Å². The molecule has 2 saturated heterocycles. The van der Waals surface area contributed by atoms with Gasteiger partial charge in [-0.15, -0.1) is 0 Å². The number of anilines is 1. The Morgan fingerprint density at radius 3 is 2.21 bits per heavy atom. The molecule has 0 spiro atoms. The SMILES string of the molecule is O=C(c1cccc(S(=O)(=O)N2CCN(c3ccccc3)CC2)c1)N1CCOCC1. The Morgan fingerprint density at radius 1 is 0.828 bits per heavy atom. The number of para-hydroxylation sites is 1. The molecule has 2 aromatic rings. The van der Waals surface area contributed by atoms with Crippen molar-refractivity contribution in [2.75, 3.05) is 57.4 Å². The van der Waals surface area contributed by atoms with Crippen molar-refractivity contribution < 1.29 is 17.9 Å². The molecule has 2 aliphatic heterocycles. The summed E-state index contributed by atoms with van der Waals surface area (Å²) >= 11 is 0. The van der Waals surface area contributed by atoms with Crippen molar-refractivity contribution in [3.8, 4) is 0 Å². The first-order valence-corrected chi connectivity index (χ1v) is 11.3. The summed E-state index contributed by atoms with van der Waals surface area (Å²) in [6, 6.07) is 16.4. The van der Waals surface area contributed by atoms with Crippen LogP contribution in [0.5, 0.6) is 0 Å². The molecule has 7 nitrogen and oxygen atoms in total. The zero-order valence-corrected chi connectivity index (χ0v) is 17.1. The number of rotatable bonds is 4. The van der Waals surface area contributed by atoms with Gasteiger partial charge in [-0.1, -0.05) is 24.3 Å². The lowest BCUT2D eigenvalue weighted by atomic mass is 10.2. The van der Waals surface area contributed by atoms with Gasteiger partial charge in [0, 0.05) is 50.5 Å². The van der Waals surface area contributed by atoms with Crippen LogP contribution in [-0.4, -0.2) is 76.0 Å². The summed E-state index contributed by atoms with van der Waals surface area (Å²) < 4.78 is 33.1. The maximum atomic E-state index is 13.1. The fourth-order valence-corrected chi connectivity index (χ4v) is 5.18. The van der Waals surface area contributed by atoms with Crippen molar-refractivity contribution in [2.45, 2.75) is 4.90 Å². The van der Waals surface area contributed by atoms with E-state index in [0.717, 1.165) is 5.69 Å². The molecule has 0 saturated carbocycles. The minimum absolute atomic E-state index is 0.153. The number of carbonyl (C=O) groups excluding carboxylic acids is 1. The lowest BCUT2D eigenvalue weighted by molar-refractivity contribution is 0.0302. The number of benzene rings is 2. The number of sulfonamides is 1. The smallest absolute Gasteiger partial charge is 0.254 e. The zero-order valence-electron chi connectivity index (χ0n) is 16.2. The molecule has 4 rings (SSSR count). The summed E-state index contributed by atoms with van der Waals surface area (Å²) in [4.78, 5) is 16.8. The second kappa shape index (κ2) is 8.52. The topological polar surface area (TPSA) is 70.2 Å². The predicted molar refractivity (Wildman–Crippen MR) is 111 cm³/mol. The standard InChI is InChI=1S/C21H25N3O4S/c25-21(23-13-15-28-16-14-23)18-5-4-8-20(17-18)29(26,27)24-11-9-22(10-12-24)19-6-2-1-3-7-19/h1-8,17H,9-16H2. The highest BCUT2D eigenvalue weighted by molar-refractivity contribution is 7.89. The van der Waals surface area contributed by atoms with Crippen LogP contribution >= 0.6 is 0 Å². The summed E-state index contributed by atoms with van der Waals surface area (Å²) in [6.45, 7) is 4.17. The van der Waals surface area contributed by atoms with Crippen LogP contribution in [0.4, 0.5) is 5.69 Å². The molecule has 1 amide bonds. The van der Waals surface area contributed by atoms with Crippen LogP contribution in [0.2, 0.25) is 0 Å². The highest BCUT2D eigenvalue weighted by Gasteiger charge is 2.29. The third-order valence-electron chi connectivity index (χ3n) is 5.38. The maximum Gasteiger partial charge on any atom is 0.254 e. The van der Waals surface area contributed by atoms with E-state index in [1.54, 1.807) is 23.1 Å². The molecule has 154 valence electrons. The van der Waals surface area contributed by atoms with Crippen LogP contribution in [0, 0.1) is 0 Å². The van der Waals surface area contributed by atoms with E-state index in [-0.39, 0.29) is 10.8 Å². The van der Waals surface area contributed by atoms with Gasteiger partial charge in [0.2, 0.25) is 10.0 Å². The van der Waals surface area contributed by atoms with Gasteiger partial charge in [0.15, 0.2) is 0 Å². The predicted octanol–water partition coefficient (Wildman–Crippen LogP) is 1.67. The Morgan fingerprint density at radius 2 is 1.52 bits per heavy atom. The maximum absolute atomic E-state index is 13.1. The van der Waals surface area contributed by atoms with Crippen LogP contribution < -0.4 is 4.90 Å². The summed E-state index contributed by atoms with van der Waals surface area (Å²) in [7, 11) is -3.64. The summed E-state index contributed by atoms with van der Waals surface area (Å²) in [6.07, 6.45) is 0. The first-order valence-electron chi connectivity index (χ1n) is 9.83. The Kier molecular flexibility index (Phi) is 5.84. The Balaban J connectivity index is 1.47. The minimum Gasteiger partial charge on any atom is -0.378 e. The van der Waals surface area contributed by atoms with Gasteiger partial charge in [-0.3, -0.25) is 4.79 Å². The Hall–Kier alpha value is -2.42. The molecule has 0 aromatic heterocycles. The lowest BCUT2D eigenvalue weighted by Gasteiger charge is -2.35. The second-order valence-corrected chi connectivity index (χ2v) is 9.10. The lowest BCUT2D eigenvalue weighted by Crippen LogP contribution is -2.48. The number of piperazine rings is 1. The Labute approximate surface area is 171 Å². The minimum atomic E-state index is -3.64. The van der Waals surface area contributed by atoms with Crippen molar-refractivity contribution in [1.82, 2.24) is 9.21 Å². The number of hydrogen-bond acceptors (Lipinski definition) is 5. The number of morpholine rings is 1. The van der Waals surface area contributed by atoms with Gasteiger partial charge in [0.25, 0.3) is 5.91 Å². The van der Waals surface area contributed by atoms with E-state index in [1.165, 1.54) is 10.4 Å². The highest BCUT2D eigenvalue weighted by atomic mass is 32.2. The van der Waals surface area contributed by atoms with E-state index in [4.69, 9.17) is 4.74 Å². The molecule has 2 aliphatic rings. The Bertz CT molecular complexity index is 951. The number of carbonyl (C=O) groups is 1. The van der Waals surface area contributed by atoms with Gasteiger partial charge in [-0.25, -0.2) is 8.42 Å². The van der Waals surface area contributed by atoms with Crippen LogP contribution in [0.25, 0.3) is 0 Å². The molecule has 2 aromatic carbocycles. The van der Waals surface area contributed by atoms with E-state index in [0.29, 0.717) is 58.0 Å². The van der Waals surface area contributed by atoms with Gasteiger partial charge in [0.05, 0.1) is 18.1 Å². The third kappa shape index (κ3) is 4.29. The fourth-order valence-electron chi connectivity index (χ4n) is 3.71. The van der Waals surface area contributed by atoms with Gasteiger partial charge < -0.3 is 14.5 Å². The summed E-state index contributed by atoms with van der Waals surface area (Å²) in [5, 5.41) is 0. The molecule has 29 heavy (non-hydrogen) atoms. The van der Waals surface area contributed by atoms with Crippen molar-refractivity contribution in [3.05, 3.63) is 60.2 Å². The van der Waals surface area contributed by atoms with Gasteiger partial charge >= 0.3 is 0 Å². The summed E-state index contributed by atoms with van der Waals surface area (Å²) in [5.41, 5.74) is 1.50. The number of amides is 1. The van der Waals surface area contributed by atoms with Crippen LogP contribution in [0.15, 0.2) is 59.5 Å². The zero-order chi connectivity index (χ0) is 20.3. The average molecular weight is 416 g/mol. The van der Waals surface area contributed by atoms with Crippen molar-refractivity contribution in [3.63, 3.8) is 0 Å². The molecular formula is C21H25N3O4S. The van der Waals surface area contributed by atoms with Crippen LogP contribution in [0.3, 0.4) is 0 Å². The largest absolute Gasteiger partial charge is 0.378 e. The molecule has 0 atom stereocenters. The molecule has 2 heterocycles. The van der Waals surface area contributed by atoms with E-state index < -0.39 is 10.0 Å².